The van der Waals surface area contributed by atoms with E-state index in [2.05, 4.69) is 54.1 Å². The largest absolute Gasteiger partial charge is 0.324 e. The first-order valence-electron chi connectivity index (χ1n) is 7.63. The summed E-state index contributed by atoms with van der Waals surface area (Å²) in [6.45, 7) is 7.17. The van der Waals surface area contributed by atoms with E-state index >= 15 is 0 Å². The number of hydrogen-bond acceptors (Lipinski definition) is 3. The third-order valence-electron chi connectivity index (χ3n) is 3.79. The summed E-state index contributed by atoms with van der Waals surface area (Å²) in [5.74, 6) is 0. The number of hydrogen-bond donors (Lipinski definition) is 1. The van der Waals surface area contributed by atoms with Crippen molar-refractivity contribution in [3.05, 3.63) is 65.5 Å². The van der Waals surface area contributed by atoms with Crippen LogP contribution in [0.3, 0.4) is 0 Å². The van der Waals surface area contributed by atoms with E-state index in [1.807, 2.05) is 18.3 Å². The van der Waals surface area contributed by atoms with E-state index in [9.17, 15) is 0 Å². The van der Waals surface area contributed by atoms with Crippen LogP contribution in [-0.4, -0.2) is 23.0 Å². The summed E-state index contributed by atoms with van der Waals surface area (Å²) in [5, 5.41) is 0. The Bertz CT molecular complexity index is 539. The molecule has 2 rings (SSSR count). The average Bonchev–Trinajstić information content (AvgIpc) is 2.52. The first-order chi connectivity index (χ1) is 10.2. The maximum absolute atomic E-state index is 6.32. The maximum Gasteiger partial charge on any atom is 0.0543 e. The van der Waals surface area contributed by atoms with Crippen LogP contribution >= 0.6 is 0 Å². The smallest absolute Gasteiger partial charge is 0.0543 e. The molecule has 1 atom stereocenters. The van der Waals surface area contributed by atoms with Gasteiger partial charge in [-0.1, -0.05) is 42.8 Å². The standard InChI is InChI=1S/C18H25N3/c1-3-21(14-17-9-4-5-11-20-17)12-10-18(19)16-8-6-7-15(2)13-16/h4-9,11,13,18H,3,10,12,14,19H2,1-2H3. The molecule has 3 heteroatoms. The molecule has 0 amide bonds. The number of aryl methyl sites for hydroxylation is 1. The zero-order valence-electron chi connectivity index (χ0n) is 13.0. The highest BCUT2D eigenvalue weighted by Gasteiger charge is 2.10. The van der Waals surface area contributed by atoms with Crippen LogP contribution in [0.25, 0.3) is 0 Å². The van der Waals surface area contributed by atoms with Crippen LogP contribution in [-0.2, 0) is 6.54 Å². The minimum absolute atomic E-state index is 0.0997. The Labute approximate surface area is 127 Å². The van der Waals surface area contributed by atoms with E-state index in [-0.39, 0.29) is 6.04 Å². The molecule has 0 aliphatic heterocycles. The molecule has 0 aliphatic carbocycles. The summed E-state index contributed by atoms with van der Waals surface area (Å²) >= 11 is 0. The van der Waals surface area contributed by atoms with Crippen molar-refractivity contribution >= 4 is 0 Å². The van der Waals surface area contributed by atoms with E-state index < -0.39 is 0 Å². The van der Waals surface area contributed by atoms with E-state index in [0.29, 0.717) is 0 Å². The van der Waals surface area contributed by atoms with E-state index in [0.717, 1.165) is 31.7 Å². The minimum Gasteiger partial charge on any atom is -0.324 e. The lowest BCUT2D eigenvalue weighted by Gasteiger charge is -2.22. The number of nitrogens with zero attached hydrogens (tertiary/aromatic N) is 2. The van der Waals surface area contributed by atoms with Crippen LogP contribution in [0.2, 0.25) is 0 Å². The summed E-state index contributed by atoms with van der Waals surface area (Å²) in [6.07, 6.45) is 2.81. The summed E-state index contributed by atoms with van der Waals surface area (Å²) in [7, 11) is 0. The van der Waals surface area contributed by atoms with Gasteiger partial charge in [0.1, 0.15) is 0 Å². The van der Waals surface area contributed by atoms with Gasteiger partial charge in [0, 0.05) is 25.3 Å². The lowest BCUT2D eigenvalue weighted by molar-refractivity contribution is 0.265. The van der Waals surface area contributed by atoms with Gasteiger partial charge in [-0.25, -0.2) is 0 Å². The van der Waals surface area contributed by atoms with Gasteiger partial charge in [-0.05, 0) is 37.6 Å². The fourth-order valence-electron chi connectivity index (χ4n) is 2.46. The molecule has 3 nitrogen and oxygen atoms in total. The molecule has 1 aromatic carbocycles. The molecule has 1 heterocycles. The third kappa shape index (κ3) is 4.96. The number of nitrogens with two attached hydrogens (primary N) is 1. The average molecular weight is 283 g/mol. The summed E-state index contributed by atoms with van der Waals surface area (Å²) in [5.41, 5.74) is 9.93. The molecule has 0 aliphatic rings. The van der Waals surface area contributed by atoms with Crippen molar-refractivity contribution in [1.29, 1.82) is 0 Å². The van der Waals surface area contributed by atoms with Crippen molar-refractivity contribution < 1.29 is 0 Å². The van der Waals surface area contributed by atoms with Crippen LogP contribution in [0, 0.1) is 6.92 Å². The topological polar surface area (TPSA) is 42.1 Å². The quantitative estimate of drug-likeness (QED) is 0.847. The number of benzene rings is 1. The van der Waals surface area contributed by atoms with Gasteiger partial charge in [-0.2, -0.15) is 0 Å². The normalized spacial score (nSPS) is 12.6. The molecule has 0 spiro atoms. The summed E-state index contributed by atoms with van der Waals surface area (Å²) in [6, 6.07) is 14.6. The second kappa shape index (κ2) is 7.91. The number of pyridine rings is 1. The van der Waals surface area contributed by atoms with Crippen molar-refractivity contribution in [2.75, 3.05) is 13.1 Å². The SMILES string of the molecule is CCN(CCC(N)c1cccc(C)c1)Cc1ccccn1. The van der Waals surface area contributed by atoms with Crippen LogP contribution in [0.4, 0.5) is 0 Å². The fourth-order valence-corrected chi connectivity index (χ4v) is 2.46. The molecule has 2 N–H and O–H groups in total. The lowest BCUT2D eigenvalue weighted by Crippen LogP contribution is -2.27. The highest BCUT2D eigenvalue weighted by Crippen LogP contribution is 2.16. The van der Waals surface area contributed by atoms with Gasteiger partial charge in [-0.15, -0.1) is 0 Å². The van der Waals surface area contributed by atoms with E-state index in [4.69, 9.17) is 5.73 Å². The minimum atomic E-state index is 0.0997. The van der Waals surface area contributed by atoms with Crippen molar-refractivity contribution in [3.8, 4) is 0 Å². The second-order valence-corrected chi connectivity index (χ2v) is 5.50. The maximum atomic E-state index is 6.32. The Morgan fingerprint density at radius 3 is 2.71 bits per heavy atom. The summed E-state index contributed by atoms with van der Waals surface area (Å²) in [4.78, 5) is 6.78. The highest BCUT2D eigenvalue weighted by molar-refractivity contribution is 5.24. The Balaban J connectivity index is 1.88. The monoisotopic (exact) mass is 283 g/mol. The summed E-state index contributed by atoms with van der Waals surface area (Å²) < 4.78 is 0. The van der Waals surface area contributed by atoms with Crippen molar-refractivity contribution in [2.24, 2.45) is 5.73 Å². The zero-order valence-corrected chi connectivity index (χ0v) is 13.0. The molecule has 0 saturated heterocycles. The van der Waals surface area contributed by atoms with Crippen LogP contribution in [0.15, 0.2) is 48.7 Å². The second-order valence-electron chi connectivity index (χ2n) is 5.50. The van der Waals surface area contributed by atoms with Crippen LogP contribution in [0.5, 0.6) is 0 Å². The van der Waals surface area contributed by atoms with Gasteiger partial charge in [0.2, 0.25) is 0 Å². The van der Waals surface area contributed by atoms with Gasteiger partial charge in [0.25, 0.3) is 0 Å². The van der Waals surface area contributed by atoms with E-state index in [1.165, 1.54) is 11.1 Å². The Hall–Kier alpha value is -1.71. The van der Waals surface area contributed by atoms with Crippen molar-refractivity contribution in [3.63, 3.8) is 0 Å². The molecule has 2 aromatic rings. The molecular weight excluding hydrogens is 258 g/mol. The molecule has 0 saturated carbocycles. The fraction of sp³-hybridized carbons (Fsp3) is 0.389. The zero-order chi connectivity index (χ0) is 15.1. The van der Waals surface area contributed by atoms with E-state index in [1.54, 1.807) is 0 Å². The highest BCUT2D eigenvalue weighted by atomic mass is 15.1. The Morgan fingerprint density at radius 1 is 1.19 bits per heavy atom. The molecular formula is C18H25N3. The van der Waals surface area contributed by atoms with Gasteiger partial charge in [0.15, 0.2) is 0 Å². The molecule has 0 fully saturated rings. The van der Waals surface area contributed by atoms with Crippen molar-refractivity contribution in [2.45, 2.75) is 32.9 Å². The van der Waals surface area contributed by atoms with Crippen molar-refractivity contribution in [1.82, 2.24) is 9.88 Å². The Kier molecular flexibility index (Phi) is 5.90. The molecule has 112 valence electrons. The van der Waals surface area contributed by atoms with Crippen LogP contribution in [0.1, 0.15) is 36.2 Å². The molecule has 21 heavy (non-hydrogen) atoms. The van der Waals surface area contributed by atoms with Gasteiger partial charge in [0.05, 0.1) is 5.69 Å². The molecule has 1 unspecified atom stereocenters. The van der Waals surface area contributed by atoms with Gasteiger partial charge in [-0.3, -0.25) is 9.88 Å². The Morgan fingerprint density at radius 2 is 2.05 bits per heavy atom. The third-order valence-corrected chi connectivity index (χ3v) is 3.79. The number of rotatable bonds is 7. The molecule has 0 radical (unpaired) electrons. The molecule has 1 aromatic heterocycles. The predicted molar refractivity (Wildman–Crippen MR) is 87.9 cm³/mol. The molecule has 0 bridgehead atoms. The lowest BCUT2D eigenvalue weighted by atomic mass is 10.0. The predicted octanol–water partition coefficient (Wildman–Crippen LogP) is 3.30. The number of aromatic nitrogens is 1. The van der Waals surface area contributed by atoms with Gasteiger partial charge >= 0.3 is 0 Å². The van der Waals surface area contributed by atoms with Gasteiger partial charge < -0.3 is 5.73 Å². The first-order valence-corrected chi connectivity index (χ1v) is 7.63. The van der Waals surface area contributed by atoms with Crippen LogP contribution < -0.4 is 5.73 Å². The first kappa shape index (κ1) is 15.7.